The molecule has 1 heterocycles. The molecule has 2 rings (SSSR count). The van der Waals surface area contributed by atoms with Crippen molar-refractivity contribution in [3.8, 4) is 0 Å². The molecule has 0 radical (unpaired) electrons. The predicted molar refractivity (Wildman–Crippen MR) is 106 cm³/mol. The summed E-state index contributed by atoms with van der Waals surface area (Å²) < 4.78 is 0. The van der Waals surface area contributed by atoms with Crippen LogP contribution >= 0.6 is 0 Å². The second-order valence-electron chi connectivity index (χ2n) is 7.36. The van der Waals surface area contributed by atoms with Crippen molar-refractivity contribution in [1.82, 2.24) is 15.1 Å². The maximum Gasteiger partial charge on any atom is 0.243 e. The zero-order valence-corrected chi connectivity index (χ0v) is 16.7. The fourth-order valence-electron chi connectivity index (χ4n) is 3.39. The van der Waals surface area contributed by atoms with Gasteiger partial charge in [0.1, 0.15) is 0 Å². The summed E-state index contributed by atoms with van der Waals surface area (Å²) in [4.78, 5) is 39.8. The number of hydrogen-bond acceptors (Lipinski definition) is 4. The van der Waals surface area contributed by atoms with Gasteiger partial charge in [-0.05, 0) is 51.8 Å². The summed E-state index contributed by atoms with van der Waals surface area (Å²) in [6.07, 6.45) is 2.09. The van der Waals surface area contributed by atoms with Crippen LogP contribution in [0, 0.1) is 20.8 Å². The molecule has 1 aromatic carbocycles. The predicted octanol–water partition coefficient (Wildman–Crippen LogP) is 1.22. The molecule has 1 aliphatic heterocycles. The summed E-state index contributed by atoms with van der Waals surface area (Å²) in [6.45, 7) is 7.70. The lowest BCUT2D eigenvalue weighted by atomic mass is 10.1. The minimum atomic E-state index is -0.278. The van der Waals surface area contributed by atoms with E-state index in [4.69, 9.17) is 0 Å². The molecular weight excluding hydrogens is 344 g/mol. The quantitative estimate of drug-likeness (QED) is 0.752. The van der Waals surface area contributed by atoms with Gasteiger partial charge in [0.25, 0.3) is 0 Å². The molecule has 2 N–H and O–H groups in total. The zero-order valence-electron chi connectivity index (χ0n) is 16.7. The maximum absolute atomic E-state index is 12.1. The summed E-state index contributed by atoms with van der Waals surface area (Å²) >= 11 is 0. The molecule has 0 bridgehead atoms. The highest BCUT2D eigenvalue weighted by molar-refractivity contribution is 5.96. The van der Waals surface area contributed by atoms with Crippen LogP contribution in [0.4, 0.5) is 5.69 Å². The minimum absolute atomic E-state index is 0.0471. The number of benzene rings is 1. The van der Waals surface area contributed by atoms with Gasteiger partial charge in [-0.2, -0.15) is 0 Å². The number of carbonyl (C=O) groups excluding carboxylic acids is 3. The lowest BCUT2D eigenvalue weighted by molar-refractivity contribution is -0.132. The zero-order chi connectivity index (χ0) is 20.0. The topological polar surface area (TPSA) is 81.8 Å². The van der Waals surface area contributed by atoms with Crippen molar-refractivity contribution in [3.63, 3.8) is 0 Å². The van der Waals surface area contributed by atoms with E-state index in [-0.39, 0.29) is 37.4 Å². The molecule has 0 saturated carbocycles. The Morgan fingerprint density at radius 1 is 1.00 bits per heavy atom. The normalized spacial score (nSPS) is 13.7. The molecule has 0 unspecified atom stereocenters. The van der Waals surface area contributed by atoms with E-state index < -0.39 is 0 Å². The molecule has 0 aliphatic carbocycles. The van der Waals surface area contributed by atoms with Crippen LogP contribution < -0.4 is 10.6 Å². The SMILES string of the molecule is Cc1cc(C)c(NC(=O)CNC(=O)CN(C)CC(=O)N2CCCC2)c(C)c1. The molecule has 7 nitrogen and oxygen atoms in total. The van der Waals surface area contributed by atoms with Gasteiger partial charge in [-0.15, -0.1) is 0 Å². The van der Waals surface area contributed by atoms with E-state index in [1.165, 1.54) is 0 Å². The number of likely N-dealkylation sites (tertiary alicyclic amines) is 1. The van der Waals surface area contributed by atoms with Gasteiger partial charge in [0, 0.05) is 18.8 Å². The third-order valence-corrected chi connectivity index (χ3v) is 4.67. The van der Waals surface area contributed by atoms with E-state index in [1.807, 2.05) is 37.8 Å². The first-order valence-electron chi connectivity index (χ1n) is 9.37. The van der Waals surface area contributed by atoms with Crippen LogP contribution in [-0.4, -0.2) is 67.3 Å². The number of hydrogen-bond donors (Lipinski definition) is 2. The molecule has 0 spiro atoms. The van der Waals surface area contributed by atoms with E-state index in [9.17, 15) is 14.4 Å². The highest BCUT2D eigenvalue weighted by atomic mass is 16.2. The first kappa shape index (κ1) is 20.9. The Morgan fingerprint density at radius 3 is 2.19 bits per heavy atom. The smallest absolute Gasteiger partial charge is 0.243 e. The molecular formula is C20H30N4O3. The average molecular weight is 374 g/mol. The first-order chi connectivity index (χ1) is 12.8. The molecule has 1 saturated heterocycles. The van der Waals surface area contributed by atoms with Gasteiger partial charge >= 0.3 is 0 Å². The van der Waals surface area contributed by atoms with E-state index >= 15 is 0 Å². The molecule has 0 aromatic heterocycles. The van der Waals surface area contributed by atoms with E-state index in [0.717, 1.165) is 48.3 Å². The lowest BCUT2D eigenvalue weighted by Crippen LogP contribution is -2.43. The number of amides is 3. The first-order valence-corrected chi connectivity index (χ1v) is 9.37. The number of aryl methyl sites for hydroxylation is 3. The molecule has 27 heavy (non-hydrogen) atoms. The average Bonchev–Trinajstić information content (AvgIpc) is 3.10. The molecule has 148 valence electrons. The number of nitrogens with one attached hydrogen (secondary N) is 2. The molecule has 0 atom stereocenters. The Bertz CT molecular complexity index is 688. The van der Waals surface area contributed by atoms with Crippen molar-refractivity contribution in [1.29, 1.82) is 0 Å². The Balaban J connectivity index is 1.74. The third kappa shape index (κ3) is 6.36. The Kier molecular flexibility index (Phi) is 7.36. The van der Waals surface area contributed by atoms with Crippen molar-refractivity contribution in [2.24, 2.45) is 0 Å². The minimum Gasteiger partial charge on any atom is -0.346 e. The van der Waals surface area contributed by atoms with Crippen LogP contribution in [0.1, 0.15) is 29.5 Å². The molecule has 1 fully saturated rings. The molecule has 3 amide bonds. The summed E-state index contributed by atoms with van der Waals surface area (Å²) in [7, 11) is 1.73. The highest BCUT2D eigenvalue weighted by Crippen LogP contribution is 2.21. The van der Waals surface area contributed by atoms with E-state index in [1.54, 1.807) is 11.9 Å². The fourth-order valence-corrected chi connectivity index (χ4v) is 3.39. The summed E-state index contributed by atoms with van der Waals surface area (Å²) in [5.41, 5.74) is 3.91. The standard InChI is InChI=1S/C20H30N4O3/c1-14-9-15(2)20(16(3)10-14)22-17(25)11-21-18(26)12-23(4)13-19(27)24-7-5-6-8-24/h9-10H,5-8,11-13H2,1-4H3,(H,21,26)(H,22,25). The van der Waals surface area contributed by atoms with E-state index in [2.05, 4.69) is 10.6 Å². The Hall–Kier alpha value is -2.41. The summed E-state index contributed by atoms with van der Waals surface area (Å²) in [5.74, 6) is -0.501. The fraction of sp³-hybridized carbons (Fsp3) is 0.550. The second kappa shape index (κ2) is 9.50. The van der Waals surface area contributed by atoms with Gasteiger partial charge in [0.2, 0.25) is 17.7 Å². The van der Waals surface area contributed by atoms with Crippen molar-refractivity contribution >= 4 is 23.4 Å². The van der Waals surface area contributed by atoms with Crippen LogP contribution in [0.2, 0.25) is 0 Å². The van der Waals surface area contributed by atoms with Crippen LogP contribution in [0.3, 0.4) is 0 Å². The molecule has 1 aliphatic rings. The van der Waals surface area contributed by atoms with E-state index in [0.29, 0.717) is 0 Å². The number of carbonyl (C=O) groups is 3. The molecule has 1 aromatic rings. The highest BCUT2D eigenvalue weighted by Gasteiger charge is 2.20. The Labute approximate surface area is 161 Å². The summed E-state index contributed by atoms with van der Waals surface area (Å²) in [6, 6.07) is 4.01. The van der Waals surface area contributed by atoms with Crippen LogP contribution in [0.25, 0.3) is 0 Å². The van der Waals surface area contributed by atoms with Crippen molar-refractivity contribution in [2.45, 2.75) is 33.6 Å². The number of likely N-dealkylation sites (N-methyl/N-ethyl adjacent to an activating group) is 1. The summed E-state index contributed by atoms with van der Waals surface area (Å²) in [5, 5.41) is 5.46. The van der Waals surface area contributed by atoms with Crippen LogP contribution in [0.15, 0.2) is 12.1 Å². The maximum atomic E-state index is 12.1. The van der Waals surface area contributed by atoms with Crippen LogP contribution in [0.5, 0.6) is 0 Å². The number of rotatable bonds is 7. The molecule has 7 heteroatoms. The van der Waals surface area contributed by atoms with Gasteiger partial charge in [-0.3, -0.25) is 19.3 Å². The monoisotopic (exact) mass is 374 g/mol. The Morgan fingerprint density at radius 2 is 1.59 bits per heavy atom. The largest absolute Gasteiger partial charge is 0.346 e. The van der Waals surface area contributed by atoms with Gasteiger partial charge in [0.05, 0.1) is 19.6 Å². The number of nitrogens with zero attached hydrogens (tertiary/aromatic N) is 2. The third-order valence-electron chi connectivity index (χ3n) is 4.67. The van der Waals surface area contributed by atoms with Crippen LogP contribution in [-0.2, 0) is 14.4 Å². The van der Waals surface area contributed by atoms with Crippen molar-refractivity contribution < 1.29 is 14.4 Å². The van der Waals surface area contributed by atoms with Gasteiger partial charge in [0.15, 0.2) is 0 Å². The van der Waals surface area contributed by atoms with Gasteiger partial charge < -0.3 is 15.5 Å². The van der Waals surface area contributed by atoms with Crippen molar-refractivity contribution in [3.05, 3.63) is 28.8 Å². The second-order valence-corrected chi connectivity index (χ2v) is 7.36. The van der Waals surface area contributed by atoms with Gasteiger partial charge in [-0.25, -0.2) is 0 Å². The van der Waals surface area contributed by atoms with Gasteiger partial charge in [-0.1, -0.05) is 17.7 Å². The number of anilines is 1. The van der Waals surface area contributed by atoms with Crippen molar-refractivity contribution in [2.75, 3.05) is 45.1 Å². The lowest BCUT2D eigenvalue weighted by Gasteiger charge is -2.20.